The van der Waals surface area contributed by atoms with E-state index in [0.717, 1.165) is 25.8 Å². The molecular weight excluding hydrogens is 242 g/mol. The molecule has 0 bridgehead atoms. The van der Waals surface area contributed by atoms with E-state index in [-0.39, 0.29) is 5.41 Å². The predicted octanol–water partition coefficient (Wildman–Crippen LogP) is 5.08. The van der Waals surface area contributed by atoms with Crippen LogP contribution >= 0.6 is 0 Å². The minimum absolute atomic E-state index is 0.204. The molecule has 1 aromatic rings. The zero-order valence-electron chi connectivity index (χ0n) is 13.7. The first-order valence-corrected chi connectivity index (χ1v) is 8.04. The second kappa shape index (κ2) is 8.26. The SMILES string of the molecule is C=C(C)CC(NCCC)C(CC)(CC)c1ccccc1. The van der Waals surface area contributed by atoms with E-state index in [9.17, 15) is 0 Å². The Kier molecular flexibility index (Phi) is 7.01. The van der Waals surface area contributed by atoms with Gasteiger partial charge in [-0.2, -0.15) is 0 Å². The van der Waals surface area contributed by atoms with Crippen molar-refractivity contribution in [2.45, 2.75) is 64.8 Å². The highest BCUT2D eigenvalue weighted by molar-refractivity contribution is 5.28. The van der Waals surface area contributed by atoms with E-state index >= 15 is 0 Å². The van der Waals surface area contributed by atoms with Gasteiger partial charge in [0.1, 0.15) is 0 Å². The summed E-state index contributed by atoms with van der Waals surface area (Å²) < 4.78 is 0. The van der Waals surface area contributed by atoms with Crippen LogP contribution in [-0.4, -0.2) is 12.6 Å². The van der Waals surface area contributed by atoms with Crippen molar-refractivity contribution >= 4 is 0 Å². The van der Waals surface area contributed by atoms with Crippen LogP contribution in [0.3, 0.4) is 0 Å². The van der Waals surface area contributed by atoms with Crippen molar-refractivity contribution in [2.24, 2.45) is 0 Å². The molecule has 1 rings (SSSR count). The number of hydrogen-bond donors (Lipinski definition) is 1. The second-order valence-corrected chi connectivity index (χ2v) is 5.90. The van der Waals surface area contributed by atoms with E-state index in [1.54, 1.807) is 0 Å². The fourth-order valence-electron chi connectivity index (χ4n) is 3.25. The molecule has 20 heavy (non-hydrogen) atoms. The number of benzene rings is 1. The molecule has 112 valence electrons. The van der Waals surface area contributed by atoms with Gasteiger partial charge < -0.3 is 5.32 Å². The van der Waals surface area contributed by atoms with Gasteiger partial charge in [-0.05, 0) is 44.7 Å². The van der Waals surface area contributed by atoms with Gasteiger partial charge in [-0.3, -0.25) is 0 Å². The van der Waals surface area contributed by atoms with Gasteiger partial charge in [-0.1, -0.05) is 56.7 Å². The summed E-state index contributed by atoms with van der Waals surface area (Å²) in [5, 5.41) is 3.78. The molecule has 0 aliphatic rings. The molecule has 0 aromatic heterocycles. The lowest BCUT2D eigenvalue weighted by molar-refractivity contribution is 0.268. The average Bonchev–Trinajstić information content (AvgIpc) is 2.47. The van der Waals surface area contributed by atoms with E-state index in [1.165, 1.54) is 17.6 Å². The van der Waals surface area contributed by atoms with E-state index < -0.39 is 0 Å². The smallest absolute Gasteiger partial charge is 0.0201 e. The molecule has 1 unspecified atom stereocenters. The molecule has 0 spiro atoms. The Balaban J connectivity index is 3.14. The summed E-state index contributed by atoms with van der Waals surface area (Å²) in [6.45, 7) is 14.2. The predicted molar refractivity (Wildman–Crippen MR) is 90.2 cm³/mol. The van der Waals surface area contributed by atoms with Gasteiger partial charge in [0.15, 0.2) is 0 Å². The lowest BCUT2D eigenvalue weighted by Gasteiger charge is -2.41. The van der Waals surface area contributed by atoms with E-state index in [2.05, 4.69) is 69.9 Å². The number of hydrogen-bond acceptors (Lipinski definition) is 1. The first-order valence-electron chi connectivity index (χ1n) is 8.04. The molecule has 1 aromatic carbocycles. The standard InChI is InChI=1S/C19H31N/c1-6-14-20-18(15-16(4)5)19(7-2,8-3)17-12-10-9-11-13-17/h9-13,18,20H,4,6-8,14-15H2,1-3,5H3. The summed E-state index contributed by atoms with van der Waals surface area (Å²) in [7, 11) is 0. The van der Waals surface area contributed by atoms with E-state index in [0.29, 0.717) is 6.04 Å². The van der Waals surface area contributed by atoms with Gasteiger partial charge in [0.25, 0.3) is 0 Å². The molecule has 0 saturated heterocycles. The number of nitrogens with one attached hydrogen (secondary N) is 1. The van der Waals surface area contributed by atoms with Crippen molar-refractivity contribution in [1.82, 2.24) is 5.32 Å². The lowest BCUT2D eigenvalue weighted by atomic mass is 9.68. The van der Waals surface area contributed by atoms with Crippen LogP contribution in [0.15, 0.2) is 42.5 Å². The van der Waals surface area contributed by atoms with Gasteiger partial charge in [0, 0.05) is 11.5 Å². The monoisotopic (exact) mass is 273 g/mol. The maximum atomic E-state index is 4.14. The van der Waals surface area contributed by atoms with Crippen LogP contribution in [0.4, 0.5) is 0 Å². The molecule has 0 aliphatic heterocycles. The summed E-state index contributed by atoms with van der Waals surface area (Å²) in [4.78, 5) is 0. The summed E-state index contributed by atoms with van der Waals surface area (Å²) in [6.07, 6.45) is 4.53. The van der Waals surface area contributed by atoms with Crippen LogP contribution in [0, 0.1) is 0 Å². The van der Waals surface area contributed by atoms with Crippen LogP contribution in [0.5, 0.6) is 0 Å². The minimum Gasteiger partial charge on any atom is -0.313 e. The lowest BCUT2D eigenvalue weighted by Crippen LogP contribution is -2.48. The highest BCUT2D eigenvalue weighted by Crippen LogP contribution is 2.37. The molecular formula is C19H31N. The van der Waals surface area contributed by atoms with Crippen LogP contribution in [0.25, 0.3) is 0 Å². The van der Waals surface area contributed by atoms with Crippen molar-refractivity contribution in [1.29, 1.82) is 0 Å². The van der Waals surface area contributed by atoms with E-state index in [4.69, 9.17) is 0 Å². The Morgan fingerprint density at radius 3 is 2.20 bits per heavy atom. The van der Waals surface area contributed by atoms with Crippen molar-refractivity contribution in [3.63, 3.8) is 0 Å². The largest absolute Gasteiger partial charge is 0.313 e. The Bertz CT molecular complexity index is 389. The highest BCUT2D eigenvalue weighted by Gasteiger charge is 2.36. The Morgan fingerprint density at radius 1 is 1.15 bits per heavy atom. The third-order valence-electron chi connectivity index (χ3n) is 4.47. The summed E-state index contributed by atoms with van der Waals surface area (Å²) in [5.41, 5.74) is 2.93. The average molecular weight is 273 g/mol. The van der Waals surface area contributed by atoms with Crippen LogP contribution in [-0.2, 0) is 5.41 Å². The fourth-order valence-corrected chi connectivity index (χ4v) is 3.25. The van der Waals surface area contributed by atoms with Crippen molar-refractivity contribution in [3.05, 3.63) is 48.0 Å². The van der Waals surface area contributed by atoms with Crippen LogP contribution in [0.1, 0.15) is 58.9 Å². The summed E-state index contributed by atoms with van der Waals surface area (Å²) in [5.74, 6) is 0. The molecule has 0 heterocycles. The van der Waals surface area contributed by atoms with E-state index in [1.807, 2.05) is 0 Å². The molecule has 0 aliphatic carbocycles. The Labute approximate surface area is 125 Å². The van der Waals surface area contributed by atoms with Crippen molar-refractivity contribution in [2.75, 3.05) is 6.54 Å². The van der Waals surface area contributed by atoms with Crippen LogP contribution < -0.4 is 5.32 Å². The first-order chi connectivity index (χ1) is 9.60. The Morgan fingerprint density at radius 2 is 1.75 bits per heavy atom. The fraction of sp³-hybridized carbons (Fsp3) is 0.579. The molecule has 1 N–H and O–H groups in total. The number of rotatable bonds is 9. The van der Waals surface area contributed by atoms with Crippen molar-refractivity contribution < 1.29 is 0 Å². The molecule has 1 nitrogen and oxygen atoms in total. The summed E-state index contributed by atoms with van der Waals surface area (Å²) in [6, 6.07) is 11.5. The van der Waals surface area contributed by atoms with Gasteiger partial charge in [0.2, 0.25) is 0 Å². The van der Waals surface area contributed by atoms with Crippen molar-refractivity contribution in [3.8, 4) is 0 Å². The van der Waals surface area contributed by atoms with Gasteiger partial charge in [-0.25, -0.2) is 0 Å². The molecule has 0 radical (unpaired) electrons. The third kappa shape index (κ3) is 3.96. The Hall–Kier alpha value is -1.08. The van der Waals surface area contributed by atoms with Gasteiger partial charge in [-0.15, -0.1) is 6.58 Å². The first kappa shape index (κ1) is 17.0. The zero-order valence-corrected chi connectivity index (χ0v) is 13.7. The quantitative estimate of drug-likeness (QED) is 0.619. The molecule has 1 atom stereocenters. The summed E-state index contributed by atoms with van der Waals surface area (Å²) >= 11 is 0. The molecule has 0 amide bonds. The van der Waals surface area contributed by atoms with Gasteiger partial charge in [0.05, 0.1) is 0 Å². The third-order valence-corrected chi connectivity index (χ3v) is 4.47. The van der Waals surface area contributed by atoms with Crippen LogP contribution in [0.2, 0.25) is 0 Å². The topological polar surface area (TPSA) is 12.0 Å². The van der Waals surface area contributed by atoms with Gasteiger partial charge >= 0.3 is 0 Å². The highest BCUT2D eigenvalue weighted by atomic mass is 14.9. The zero-order chi connectivity index (χ0) is 15.0. The maximum absolute atomic E-state index is 4.14. The normalized spacial score (nSPS) is 13.2. The maximum Gasteiger partial charge on any atom is 0.0201 e. The minimum atomic E-state index is 0.204. The molecule has 0 saturated carbocycles. The second-order valence-electron chi connectivity index (χ2n) is 5.90. The molecule has 0 fully saturated rings. The molecule has 1 heteroatoms.